The molecule has 2 fully saturated rings. The van der Waals surface area contributed by atoms with Gasteiger partial charge in [-0.2, -0.15) is 11.3 Å². The normalized spacial score (nSPS) is 28.2. The van der Waals surface area contributed by atoms with E-state index in [-0.39, 0.29) is 5.91 Å². The van der Waals surface area contributed by atoms with Crippen molar-refractivity contribution in [3.63, 3.8) is 0 Å². The van der Waals surface area contributed by atoms with Gasteiger partial charge in [0.2, 0.25) is 5.91 Å². The van der Waals surface area contributed by atoms with Crippen molar-refractivity contribution in [2.24, 2.45) is 5.41 Å². The molecule has 104 valence electrons. The van der Waals surface area contributed by atoms with Gasteiger partial charge in [0.15, 0.2) is 0 Å². The lowest BCUT2D eigenvalue weighted by atomic mass is 9.79. The number of hydrogen-bond donors (Lipinski definition) is 0. The van der Waals surface area contributed by atoms with Gasteiger partial charge in [0.05, 0.1) is 0 Å². The molecule has 0 bridgehead atoms. The number of amides is 1. The van der Waals surface area contributed by atoms with Gasteiger partial charge in [0, 0.05) is 38.5 Å². The molecule has 1 aromatic heterocycles. The van der Waals surface area contributed by atoms with E-state index < -0.39 is 0 Å². The van der Waals surface area contributed by atoms with E-state index in [1.807, 2.05) is 0 Å². The van der Waals surface area contributed by atoms with Gasteiger partial charge < -0.3 is 4.90 Å². The number of carbonyl (C=O) groups is 1. The van der Waals surface area contributed by atoms with Crippen LogP contribution in [-0.4, -0.2) is 41.9 Å². The van der Waals surface area contributed by atoms with Gasteiger partial charge in [0.25, 0.3) is 0 Å². The molecule has 0 N–H and O–H groups in total. The molecular weight excluding hydrogens is 256 g/mol. The summed E-state index contributed by atoms with van der Waals surface area (Å²) in [5.41, 5.74) is 1.81. The van der Waals surface area contributed by atoms with E-state index in [1.165, 1.54) is 31.4 Å². The summed E-state index contributed by atoms with van der Waals surface area (Å²) < 4.78 is 0. The van der Waals surface area contributed by atoms with Crippen LogP contribution in [0.2, 0.25) is 0 Å². The Kier molecular flexibility index (Phi) is 3.63. The largest absolute Gasteiger partial charge is 0.342 e. The second-order valence-electron chi connectivity index (χ2n) is 6.14. The number of piperidine rings is 1. The van der Waals surface area contributed by atoms with E-state index in [0.717, 1.165) is 26.2 Å². The van der Waals surface area contributed by atoms with Crippen LogP contribution in [0.1, 0.15) is 31.7 Å². The Balaban J connectivity index is 1.62. The summed E-state index contributed by atoms with van der Waals surface area (Å²) in [6, 6.07) is 2.22. The standard InChI is InChI=1S/C15H22N2OS/c1-13(18)17-6-2-4-15(12-17)5-7-16(11-15)9-14-3-8-19-10-14/h3,8,10H,2,4-7,9,11-12H2,1H3/t15-/m0/s1. The second kappa shape index (κ2) is 5.25. The Bertz CT molecular complexity index is 445. The maximum Gasteiger partial charge on any atom is 0.219 e. The van der Waals surface area contributed by atoms with E-state index in [2.05, 4.69) is 26.6 Å². The Morgan fingerprint density at radius 1 is 1.37 bits per heavy atom. The van der Waals surface area contributed by atoms with Crippen molar-refractivity contribution in [2.45, 2.75) is 32.7 Å². The molecule has 3 heterocycles. The molecule has 1 amide bonds. The summed E-state index contributed by atoms with van der Waals surface area (Å²) in [4.78, 5) is 16.2. The molecule has 0 aliphatic carbocycles. The van der Waals surface area contributed by atoms with Gasteiger partial charge >= 0.3 is 0 Å². The molecule has 1 spiro atoms. The minimum Gasteiger partial charge on any atom is -0.342 e. The monoisotopic (exact) mass is 278 g/mol. The first-order valence-corrected chi connectivity index (χ1v) is 8.10. The summed E-state index contributed by atoms with van der Waals surface area (Å²) in [5, 5.41) is 4.40. The van der Waals surface area contributed by atoms with Crippen molar-refractivity contribution >= 4 is 17.2 Å². The van der Waals surface area contributed by atoms with Gasteiger partial charge in [-0.1, -0.05) is 0 Å². The summed E-state index contributed by atoms with van der Waals surface area (Å²) in [6.45, 7) is 7.06. The van der Waals surface area contributed by atoms with Crippen LogP contribution < -0.4 is 0 Å². The highest BCUT2D eigenvalue weighted by atomic mass is 32.1. The van der Waals surface area contributed by atoms with Gasteiger partial charge in [-0.25, -0.2) is 0 Å². The zero-order valence-corrected chi connectivity index (χ0v) is 12.4. The van der Waals surface area contributed by atoms with Crippen molar-refractivity contribution in [1.29, 1.82) is 0 Å². The van der Waals surface area contributed by atoms with E-state index in [4.69, 9.17) is 0 Å². The van der Waals surface area contributed by atoms with Crippen LogP contribution in [0.3, 0.4) is 0 Å². The zero-order valence-electron chi connectivity index (χ0n) is 11.6. The molecule has 0 saturated carbocycles. The molecule has 19 heavy (non-hydrogen) atoms. The third-order valence-electron chi connectivity index (χ3n) is 4.61. The Labute approximate surface area is 119 Å². The van der Waals surface area contributed by atoms with E-state index >= 15 is 0 Å². The topological polar surface area (TPSA) is 23.6 Å². The van der Waals surface area contributed by atoms with Crippen molar-refractivity contribution in [1.82, 2.24) is 9.80 Å². The van der Waals surface area contributed by atoms with Crippen molar-refractivity contribution in [3.8, 4) is 0 Å². The zero-order chi connectivity index (χ0) is 13.3. The number of hydrogen-bond acceptors (Lipinski definition) is 3. The fourth-order valence-corrected chi connectivity index (χ4v) is 4.27. The lowest BCUT2D eigenvalue weighted by Crippen LogP contribution is -2.46. The molecule has 2 aliphatic rings. The highest BCUT2D eigenvalue weighted by molar-refractivity contribution is 7.07. The third-order valence-corrected chi connectivity index (χ3v) is 5.34. The van der Waals surface area contributed by atoms with E-state index in [1.54, 1.807) is 18.3 Å². The first-order valence-electron chi connectivity index (χ1n) is 7.16. The van der Waals surface area contributed by atoms with Gasteiger partial charge in [-0.05, 0) is 48.2 Å². The molecule has 3 rings (SSSR count). The molecule has 2 aliphatic heterocycles. The molecular formula is C15H22N2OS. The molecule has 1 atom stereocenters. The first-order chi connectivity index (χ1) is 9.17. The minimum absolute atomic E-state index is 0.246. The molecule has 1 aromatic rings. The Hall–Kier alpha value is -0.870. The van der Waals surface area contributed by atoms with Crippen molar-refractivity contribution < 1.29 is 4.79 Å². The van der Waals surface area contributed by atoms with Gasteiger partial charge in [-0.15, -0.1) is 0 Å². The molecule has 3 nitrogen and oxygen atoms in total. The number of likely N-dealkylation sites (tertiary alicyclic amines) is 2. The maximum atomic E-state index is 11.6. The Morgan fingerprint density at radius 3 is 3.00 bits per heavy atom. The molecule has 0 aromatic carbocycles. The number of carbonyl (C=O) groups excluding carboxylic acids is 1. The fourth-order valence-electron chi connectivity index (χ4n) is 3.61. The lowest BCUT2D eigenvalue weighted by molar-refractivity contribution is -0.132. The Morgan fingerprint density at radius 2 is 2.26 bits per heavy atom. The predicted octanol–water partition coefficient (Wildman–Crippen LogP) is 2.58. The summed E-state index contributed by atoms with van der Waals surface area (Å²) in [6.07, 6.45) is 3.71. The van der Waals surface area contributed by atoms with E-state index in [0.29, 0.717) is 5.41 Å². The highest BCUT2D eigenvalue weighted by Gasteiger charge is 2.41. The number of rotatable bonds is 2. The van der Waals surface area contributed by atoms with Crippen LogP contribution in [0, 0.1) is 5.41 Å². The number of thiophene rings is 1. The quantitative estimate of drug-likeness (QED) is 0.830. The van der Waals surface area contributed by atoms with Crippen LogP contribution in [0.25, 0.3) is 0 Å². The van der Waals surface area contributed by atoms with Gasteiger partial charge in [-0.3, -0.25) is 9.69 Å². The lowest BCUT2D eigenvalue weighted by Gasteiger charge is -2.40. The van der Waals surface area contributed by atoms with Crippen LogP contribution in [0.15, 0.2) is 16.8 Å². The van der Waals surface area contributed by atoms with Crippen LogP contribution in [-0.2, 0) is 11.3 Å². The SMILES string of the molecule is CC(=O)N1CCC[C@@]2(CCN(Cc3ccsc3)C2)C1. The van der Waals surface area contributed by atoms with Crippen LogP contribution in [0.5, 0.6) is 0 Å². The second-order valence-corrected chi connectivity index (χ2v) is 6.92. The van der Waals surface area contributed by atoms with Gasteiger partial charge in [0.1, 0.15) is 0 Å². The fraction of sp³-hybridized carbons (Fsp3) is 0.667. The van der Waals surface area contributed by atoms with Crippen molar-refractivity contribution in [2.75, 3.05) is 26.2 Å². The summed E-state index contributed by atoms with van der Waals surface area (Å²) >= 11 is 1.77. The molecule has 0 radical (unpaired) electrons. The first kappa shape index (κ1) is 13.1. The average molecular weight is 278 g/mol. The smallest absolute Gasteiger partial charge is 0.219 e. The average Bonchev–Trinajstić information content (AvgIpc) is 3.01. The number of nitrogens with zero attached hydrogens (tertiary/aromatic N) is 2. The molecule has 2 saturated heterocycles. The highest BCUT2D eigenvalue weighted by Crippen LogP contribution is 2.39. The maximum absolute atomic E-state index is 11.6. The van der Waals surface area contributed by atoms with Crippen LogP contribution in [0.4, 0.5) is 0 Å². The van der Waals surface area contributed by atoms with E-state index in [9.17, 15) is 4.79 Å². The van der Waals surface area contributed by atoms with Crippen molar-refractivity contribution in [3.05, 3.63) is 22.4 Å². The predicted molar refractivity (Wildman–Crippen MR) is 78.1 cm³/mol. The third kappa shape index (κ3) is 2.84. The van der Waals surface area contributed by atoms with Crippen LogP contribution >= 0.6 is 11.3 Å². The summed E-state index contributed by atoms with van der Waals surface area (Å²) in [5.74, 6) is 0.246. The minimum atomic E-state index is 0.246. The summed E-state index contributed by atoms with van der Waals surface area (Å²) in [7, 11) is 0. The molecule has 0 unspecified atom stereocenters. The molecule has 4 heteroatoms.